The molecule has 9 heteroatoms. The molecule has 0 aliphatic rings. The molecule has 3 aromatic rings. The molecule has 0 radical (unpaired) electrons. The summed E-state index contributed by atoms with van der Waals surface area (Å²) in [5.74, 6) is 0.333. The van der Waals surface area contributed by atoms with E-state index in [4.69, 9.17) is 4.74 Å². The lowest BCUT2D eigenvalue weighted by Crippen LogP contribution is -2.36. The van der Waals surface area contributed by atoms with Gasteiger partial charge in [-0.05, 0) is 61.9 Å². The van der Waals surface area contributed by atoms with Crippen LogP contribution in [0, 0.1) is 6.92 Å². The van der Waals surface area contributed by atoms with Crippen LogP contribution in [0.2, 0.25) is 0 Å². The number of urea groups is 1. The number of pyridine rings is 2. The lowest BCUT2D eigenvalue weighted by molar-refractivity contribution is -0.122. The summed E-state index contributed by atoms with van der Waals surface area (Å²) in [6, 6.07) is 12.8. The zero-order valence-corrected chi connectivity index (χ0v) is 18.1. The number of nitrogens with one attached hydrogen (secondary N) is 3. The first kappa shape index (κ1) is 22.5. The number of methoxy groups -OCH3 is 1. The standard InChI is InChI=1S/C23H25N5O4/c1-15-6-11-20(27-23(31)26-18-7-9-19(32-3)10-8-18)22(30)28(15)14-21(29)25-16(2)17-5-4-12-24-13-17/h4-13,16H,14H2,1-3H3,(H,25,29)(H2,26,27,31). The summed E-state index contributed by atoms with van der Waals surface area (Å²) in [6.07, 6.45) is 3.33. The van der Waals surface area contributed by atoms with E-state index in [0.29, 0.717) is 17.1 Å². The molecule has 0 aliphatic carbocycles. The highest BCUT2D eigenvalue weighted by molar-refractivity contribution is 5.99. The normalized spacial score (nSPS) is 11.3. The molecule has 0 fully saturated rings. The number of rotatable bonds is 7. The van der Waals surface area contributed by atoms with Crippen LogP contribution in [0.4, 0.5) is 16.2 Å². The van der Waals surface area contributed by atoms with E-state index < -0.39 is 11.6 Å². The van der Waals surface area contributed by atoms with Crippen molar-refractivity contribution in [2.45, 2.75) is 26.4 Å². The third-order valence-corrected chi connectivity index (χ3v) is 4.85. The van der Waals surface area contributed by atoms with Crippen LogP contribution >= 0.6 is 0 Å². The van der Waals surface area contributed by atoms with Crippen molar-refractivity contribution >= 4 is 23.3 Å². The lowest BCUT2D eigenvalue weighted by atomic mass is 10.1. The van der Waals surface area contributed by atoms with Gasteiger partial charge in [-0.3, -0.25) is 14.6 Å². The summed E-state index contributed by atoms with van der Waals surface area (Å²) < 4.78 is 6.40. The van der Waals surface area contributed by atoms with Crippen molar-refractivity contribution in [3.63, 3.8) is 0 Å². The molecule has 0 saturated carbocycles. The Morgan fingerprint density at radius 2 is 1.84 bits per heavy atom. The molecular weight excluding hydrogens is 410 g/mol. The summed E-state index contributed by atoms with van der Waals surface area (Å²) in [4.78, 5) is 41.8. The summed E-state index contributed by atoms with van der Waals surface area (Å²) >= 11 is 0. The summed E-state index contributed by atoms with van der Waals surface area (Å²) in [6.45, 7) is 3.39. The summed E-state index contributed by atoms with van der Waals surface area (Å²) in [5.41, 5.74) is 1.59. The van der Waals surface area contributed by atoms with Crippen molar-refractivity contribution in [2.24, 2.45) is 0 Å². The van der Waals surface area contributed by atoms with E-state index in [1.165, 1.54) is 10.6 Å². The number of hydrogen-bond acceptors (Lipinski definition) is 5. The molecule has 0 spiro atoms. The van der Waals surface area contributed by atoms with E-state index >= 15 is 0 Å². The van der Waals surface area contributed by atoms with Gasteiger partial charge in [0.2, 0.25) is 5.91 Å². The van der Waals surface area contributed by atoms with Gasteiger partial charge in [-0.25, -0.2) is 4.79 Å². The van der Waals surface area contributed by atoms with Gasteiger partial charge in [0.1, 0.15) is 18.0 Å². The van der Waals surface area contributed by atoms with Gasteiger partial charge < -0.3 is 25.3 Å². The second-order valence-electron chi connectivity index (χ2n) is 7.16. The molecule has 3 amide bonds. The Morgan fingerprint density at radius 1 is 1.09 bits per heavy atom. The SMILES string of the molecule is COc1ccc(NC(=O)Nc2ccc(C)n(CC(=O)NC(C)c3cccnc3)c2=O)cc1. The molecule has 166 valence electrons. The minimum atomic E-state index is -0.572. The number of benzene rings is 1. The highest BCUT2D eigenvalue weighted by Crippen LogP contribution is 2.15. The second-order valence-corrected chi connectivity index (χ2v) is 7.16. The van der Waals surface area contributed by atoms with Gasteiger partial charge in [0.05, 0.1) is 13.2 Å². The first-order chi connectivity index (χ1) is 15.4. The Bertz CT molecular complexity index is 1140. The van der Waals surface area contributed by atoms with Crippen LogP contribution in [0.25, 0.3) is 0 Å². The number of carbonyl (C=O) groups excluding carboxylic acids is 2. The smallest absolute Gasteiger partial charge is 0.323 e. The second kappa shape index (κ2) is 10.3. The summed E-state index contributed by atoms with van der Waals surface area (Å²) in [7, 11) is 1.55. The molecular formula is C23H25N5O4. The van der Waals surface area contributed by atoms with Crippen molar-refractivity contribution in [1.82, 2.24) is 14.9 Å². The maximum absolute atomic E-state index is 12.9. The fourth-order valence-corrected chi connectivity index (χ4v) is 3.07. The molecule has 1 unspecified atom stereocenters. The Labute approximate surface area is 185 Å². The first-order valence-corrected chi connectivity index (χ1v) is 9.99. The van der Waals surface area contributed by atoms with Crippen LogP contribution in [0.5, 0.6) is 5.75 Å². The van der Waals surface area contributed by atoms with Gasteiger partial charge >= 0.3 is 6.03 Å². The lowest BCUT2D eigenvalue weighted by Gasteiger charge is -2.16. The van der Waals surface area contributed by atoms with Crippen molar-refractivity contribution in [3.05, 3.63) is 82.5 Å². The average Bonchev–Trinajstić information content (AvgIpc) is 2.79. The van der Waals surface area contributed by atoms with E-state index in [-0.39, 0.29) is 24.2 Å². The highest BCUT2D eigenvalue weighted by atomic mass is 16.5. The largest absolute Gasteiger partial charge is 0.497 e. The zero-order valence-electron chi connectivity index (χ0n) is 18.1. The minimum absolute atomic E-state index is 0.0646. The predicted molar refractivity (Wildman–Crippen MR) is 122 cm³/mol. The van der Waals surface area contributed by atoms with E-state index in [1.807, 2.05) is 13.0 Å². The van der Waals surface area contributed by atoms with Crippen molar-refractivity contribution < 1.29 is 14.3 Å². The molecule has 3 N–H and O–H groups in total. The van der Waals surface area contributed by atoms with Crippen LogP contribution in [0.3, 0.4) is 0 Å². The van der Waals surface area contributed by atoms with Crippen LogP contribution in [-0.2, 0) is 11.3 Å². The molecule has 0 bridgehead atoms. The van der Waals surface area contributed by atoms with Crippen LogP contribution in [0.1, 0.15) is 24.2 Å². The third kappa shape index (κ3) is 5.72. The fourth-order valence-electron chi connectivity index (χ4n) is 3.07. The Morgan fingerprint density at radius 3 is 2.50 bits per heavy atom. The molecule has 1 aromatic carbocycles. The Balaban J connectivity index is 1.67. The fraction of sp³-hybridized carbons (Fsp3) is 0.217. The number of aromatic nitrogens is 2. The van der Waals surface area contributed by atoms with Crippen LogP contribution < -0.4 is 26.2 Å². The van der Waals surface area contributed by atoms with Gasteiger partial charge in [-0.1, -0.05) is 6.07 Å². The molecule has 32 heavy (non-hydrogen) atoms. The molecule has 9 nitrogen and oxygen atoms in total. The van der Waals surface area contributed by atoms with Gasteiger partial charge in [0.15, 0.2) is 0 Å². The minimum Gasteiger partial charge on any atom is -0.497 e. The number of carbonyl (C=O) groups is 2. The molecule has 0 aliphatic heterocycles. The molecule has 0 saturated heterocycles. The maximum atomic E-state index is 12.9. The number of nitrogens with zero attached hydrogens (tertiary/aromatic N) is 2. The van der Waals surface area contributed by atoms with Crippen molar-refractivity contribution in [3.8, 4) is 5.75 Å². The van der Waals surface area contributed by atoms with Crippen molar-refractivity contribution in [1.29, 1.82) is 0 Å². The van der Waals surface area contributed by atoms with Gasteiger partial charge in [0, 0.05) is 23.8 Å². The molecule has 2 aromatic heterocycles. The van der Waals surface area contributed by atoms with Gasteiger partial charge in [0.25, 0.3) is 5.56 Å². The number of ether oxygens (including phenoxy) is 1. The molecule has 2 heterocycles. The topological polar surface area (TPSA) is 114 Å². The van der Waals surface area contributed by atoms with Crippen molar-refractivity contribution in [2.75, 3.05) is 17.7 Å². The van der Waals surface area contributed by atoms with E-state index in [2.05, 4.69) is 20.9 Å². The third-order valence-electron chi connectivity index (χ3n) is 4.85. The highest BCUT2D eigenvalue weighted by Gasteiger charge is 2.15. The average molecular weight is 435 g/mol. The molecule has 3 rings (SSSR count). The van der Waals surface area contributed by atoms with Crippen LogP contribution in [0.15, 0.2) is 65.7 Å². The number of anilines is 2. The van der Waals surface area contributed by atoms with E-state index in [9.17, 15) is 14.4 Å². The Kier molecular flexibility index (Phi) is 7.22. The first-order valence-electron chi connectivity index (χ1n) is 9.99. The van der Waals surface area contributed by atoms with Crippen LogP contribution in [-0.4, -0.2) is 28.6 Å². The number of hydrogen-bond donors (Lipinski definition) is 3. The zero-order chi connectivity index (χ0) is 23.1. The predicted octanol–water partition coefficient (Wildman–Crippen LogP) is 3.08. The quantitative estimate of drug-likeness (QED) is 0.528. The Hall–Kier alpha value is -4.14. The maximum Gasteiger partial charge on any atom is 0.323 e. The molecule has 1 atom stereocenters. The monoisotopic (exact) mass is 435 g/mol. The number of amides is 3. The summed E-state index contributed by atoms with van der Waals surface area (Å²) in [5, 5.41) is 8.04. The van der Waals surface area contributed by atoms with E-state index in [1.54, 1.807) is 62.8 Å². The van der Waals surface area contributed by atoms with Gasteiger partial charge in [-0.15, -0.1) is 0 Å². The number of aryl methyl sites for hydroxylation is 1. The van der Waals surface area contributed by atoms with E-state index in [0.717, 1.165) is 5.56 Å². The van der Waals surface area contributed by atoms with Gasteiger partial charge in [-0.2, -0.15) is 0 Å².